The van der Waals surface area contributed by atoms with Gasteiger partial charge in [-0.2, -0.15) is 0 Å². The molecule has 5 heteroatoms. The molecule has 0 bridgehead atoms. The fourth-order valence-corrected chi connectivity index (χ4v) is 4.44. The van der Waals surface area contributed by atoms with Gasteiger partial charge in [-0.05, 0) is 35.7 Å². The number of nitrogens with zero attached hydrogens (tertiary/aromatic N) is 1. The molecule has 3 aromatic carbocycles. The van der Waals surface area contributed by atoms with E-state index < -0.39 is 0 Å². The number of benzene rings is 3. The van der Waals surface area contributed by atoms with Crippen molar-refractivity contribution in [2.45, 2.75) is 69.6 Å². The third-order valence-corrected chi connectivity index (χ3v) is 6.21. The lowest BCUT2D eigenvalue weighted by Crippen LogP contribution is -1.98. The van der Waals surface area contributed by atoms with Crippen LogP contribution in [0.4, 0.5) is 5.69 Å². The van der Waals surface area contributed by atoms with Crippen LogP contribution in [-0.4, -0.2) is 4.92 Å². The quantitative estimate of drug-likeness (QED) is 0.116. The number of nitro benzene ring substituents is 1. The number of para-hydroxylation sites is 1. The summed E-state index contributed by atoms with van der Waals surface area (Å²) in [6.07, 6.45) is 10.7. The zero-order valence-corrected chi connectivity index (χ0v) is 19.0. The summed E-state index contributed by atoms with van der Waals surface area (Å²) in [6, 6.07) is 19.4. The van der Waals surface area contributed by atoms with Gasteiger partial charge in [-0.3, -0.25) is 10.1 Å². The molecular formula is C26H31NO3S. The molecule has 0 heterocycles. The van der Waals surface area contributed by atoms with Gasteiger partial charge in [-0.1, -0.05) is 94.3 Å². The minimum atomic E-state index is -0.354. The van der Waals surface area contributed by atoms with Gasteiger partial charge < -0.3 is 4.18 Å². The van der Waals surface area contributed by atoms with Crippen molar-refractivity contribution in [3.8, 4) is 5.75 Å². The molecule has 0 saturated heterocycles. The summed E-state index contributed by atoms with van der Waals surface area (Å²) in [6.45, 7) is 2.23. The van der Waals surface area contributed by atoms with E-state index in [1.807, 2.05) is 36.4 Å². The zero-order chi connectivity index (χ0) is 21.9. The molecule has 0 aliphatic carbocycles. The Morgan fingerprint density at radius 1 is 0.839 bits per heavy atom. The maximum atomic E-state index is 11.6. The van der Waals surface area contributed by atoms with Crippen molar-refractivity contribution < 1.29 is 9.11 Å². The van der Waals surface area contributed by atoms with Gasteiger partial charge in [0.1, 0.15) is 0 Å². The van der Waals surface area contributed by atoms with Crippen molar-refractivity contribution in [3.05, 3.63) is 76.3 Å². The molecule has 4 nitrogen and oxygen atoms in total. The minimum absolute atomic E-state index is 0.0327. The molecule has 0 aliphatic rings. The summed E-state index contributed by atoms with van der Waals surface area (Å²) >= 11 is 1.18. The second-order valence-corrected chi connectivity index (χ2v) is 8.73. The van der Waals surface area contributed by atoms with E-state index in [1.165, 1.54) is 56.6 Å². The van der Waals surface area contributed by atoms with Gasteiger partial charge in [-0.15, -0.1) is 0 Å². The number of fused-ring (bicyclic) bond motifs is 1. The third kappa shape index (κ3) is 7.00. The van der Waals surface area contributed by atoms with E-state index in [1.54, 1.807) is 6.07 Å². The van der Waals surface area contributed by atoms with Crippen molar-refractivity contribution in [3.63, 3.8) is 0 Å². The smallest absolute Gasteiger partial charge is 0.312 e. The summed E-state index contributed by atoms with van der Waals surface area (Å²) in [5.41, 5.74) is 0.943. The Labute approximate surface area is 189 Å². The lowest BCUT2D eigenvalue weighted by molar-refractivity contribution is -0.385. The summed E-state index contributed by atoms with van der Waals surface area (Å²) in [5, 5.41) is 13.9. The van der Waals surface area contributed by atoms with Crippen LogP contribution in [0.3, 0.4) is 0 Å². The zero-order valence-electron chi connectivity index (χ0n) is 18.2. The van der Waals surface area contributed by atoms with Crippen molar-refractivity contribution >= 4 is 28.5 Å². The van der Waals surface area contributed by atoms with Crippen LogP contribution >= 0.6 is 12.0 Å². The van der Waals surface area contributed by atoms with Crippen LogP contribution in [0.2, 0.25) is 0 Å². The van der Waals surface area contributed by atoms with Gasteiger partial charge >= 0.3 is 5.69 Å². The van der Waals surface area contributed by atoms with Crippen LogP contribution < -0.4 is 4.18 Å². The second-order valence-electron chi connectivity index (χ2n) is 7.92. The highest BCUT2D eigenvalue weighted by Gasteiger charge is 2.20. The van der Waals surface area contributed by atoms with E-state index in [0.29, 0.717) is 5.75 Å². The molecule has 0 amide bonds. The minimum Gasteiger partial charge on any atom is -0.413 e. The first-order valence-electron chi connectivity index (χ1n) is 11.3. The summed E-state index contributed by atoms with van der Waals surface area (Å²) in [5.74, 6) is 0.383. The van der Waals surface area contributed by atoms with E-state index in [9.17, 15) is 10.1 Å². The van der Waals surface area contributed by atoms with Crippen LogP contribution in [0.5, 0.6) is 5.75 Å². The summed E-state index contributed by atoms with van der Waals surface area (Å²) in [4.78, 5) is 12.2. The van der Waals surface area contributed by atoms with Crippen molar-refractivity contribution in [2.75, 3.05) is 0 Å². The normalized spacial score (nSPS) is 11.0. The first-order chi connectivity index (χ1) is 15.2. The van der Waals surface area contributed by atoms with E-state index in [-0.39, 0.29) is 10.6 Å². The van der Waals surface area contributed by atoms with Crippen molar-refractivity contribution in [1.82, 2.24) is 0 Å². The molecule has 31 heavy (non-hydrogen) atoms. The highest BCUT2D eigenvalue weighted by Crippen LogP contribution is 2.36. The topological polar surface area (TPSA) is 52.4 Å². The summed E-state index contributed by atoms with van der Waals surface area (Å²) in [7, 11) is 0. The highest BCUT2D eigenvalue weighted by molar-refractivity contribution is 7.95. The monoisotopic (exact) mass is 437 g/mol. The third-order valence-electron chi connectivity index (χ3n) is 5.51. The fourth-order valence-electron chi connectivity index (χ4n) is 3.77. The fraction of sp³-hybridized carbons (Fsp3) is 0.385. The Bertz CT molecular complexity index is 989. The van der Waals surface area contributed by atoms with Gasteiger partial charge in [0.25, 0.3) is 0 Å². The standard InChI is InChI=1S/C26H31NO3S/c1-2-3-4-5-6-7-8-9-14-22-16-12-17-25(27(28)29)26(22)30-31-24-19-18-21-13-10-11-15-23(21)20-24/h10-13,15-20H,2-9,14H2,1H3. The van der Waals surface area contributed by atoms with E-state index >= 15 is 0 Å². The molecule has 3 rings (SSSR count). The van der Waals surface area contributed by atoms with Gasteiger partial charge in [0.15, 0.2) is 0 Å². The average molecular weight is 438 g/mol. The predicted octanol–water partition coefficient (Wildman–Crippen LogP) is 8.52. The number of unbranched alkanes of at least 4 members (excludes halogenated alkanes) is 7. The number of hydrogen-bond acceptors (Lipinski definition) is 4. The molecule has 164 valence electrons. The predicted molar refractivity (Wildman–Crippen MR) is 130 cm³/mol. The number of hydrogen-bond donors (Lipinski definition) is 0. The molecule has 0 fully saturated rings. The number of nitro groups is 1. The molecule has 0 aromatic heterocycles. The Hall–Kier alpha value is -2.53. The molecule has 0 spiro atoms. The maximum absolute atomic E-state index is 11.6. The van der Waals surface area contributed by atoms with Crippen LogP contribution in [0, 0.1) is 10.1 Å². The first-order valence-corrected chi connectivity index (χ1v) is 12.0. The van der Waals surface area contributed by atoms with Gasteiger partial charge in [0, 0.05) is 16.5 Å². The van der Waals surface area contributed by atoms with Crippen LogP contribution in [0.25, 0.3) is 10.8 Å². The van der Waals surface area contributed by atoms with Crippen LogP contribution in [-0.2, 0) is 6.42 Å². The lowest BCUT2D eigenvalue weighted by Gasteiger charge is -2.11. The Morgan fingerprint density at radius 3 is 2.29 bits per heavy atom. The largest absolute Gasteiger partial charge is 0.413 e. The molecule has 0 atom stereocenters. The van der Waals surface area contributed by atoms with Crippen LogP contribution in [0.1, 0.15) is 63.9 Å². The Kier molecular flexibility index (Phi) is 9.22. The molecule has 0 radical (unpaired) electrons. The van der Waals surface area contributed by atoms with Crippen molar-refractivity contribution in [2.24, 2.45) is 0 Å². The molecule has 0 aliphatic heterocycles. The summed E-state index contributed by atoms with van der Waals surface area (Å²) < 4.78 is 5.96. The van der Waals surface area contributed by atoms with E-state index in [2.05, 4.69) is 19.1 Å². The van der Waals surface area contributed by atoms with Gasteiger partial charge in [0.05, 0.1) is 17.0 Å². The van der Waals surface area contributed by atoms with E-state index in [0.717, 1.165) is 40.5 Å². The Balaban J connectivity index is 1.61. The number of rotatable bonds is 13. The second kappa shape index (κ2) is 12.4. The lowest BCUT2D eigenvalue weighted by atomic mass is 10.0. The molecule has 0 N–H and O–H groups in total. The molecular weight excluding hydrogens is 406 g/mol. The van der Waals surface area contributed by atoms with Gasteiger partial charge in [-0.25, -0.2) is 0 Å². The van der Waals surface area contributed by atoms with Gasteiger partial charge in [0.2, 0.25) is 5.75 Å². The maximum Gasteiger partial charge on any atom is 0.312 e. The SMILES string of the molecule is CCCCCCCCCCc1cccc([N+](=O)[O-])c1OSc1ccc2ccccc2c1. The number of aryl methyl sites for hydroxylation is 1. The Morgan fingerprint density at radius 2 is 1.55 bits per heavy atom. The van der Waals surface area contributed by atoms with E-state index in [4.69, 9.17) is 4.18 Å². The highest BCUT2D eigenvalue weighted by atomic mass is 32.2. The van der Waals surface area contributed by atoms with Crippen LogP contribution in [0.15, 0.2) is 65.6 Å². The molecule has 3 aromatic rings. The molecule has 0 unspecified atom stereocenters. The van der Waals surface area contributed by atoms with Crippen molar-refractivity contribution in [1.29, 1.82) is 0 Å². The first kappa shape index (κ1) is 23.1. The molecule has 0 saturated carbocycles. The average Bonchev–Trinajstić information content (AvgIpc) is 2.79.